The summed E-state index contributed by atoms with van der Waals surface area (Å²) in [5.74, 6) is 2.01. The Balaban J connectivity index is 1.76. The van der Waals surface area contributed by atoms with Crippen LogP contribution in [-0.2, 0) is 6.54 Å². The Morgan fingerprint density at radius 1 is 0.962 bits per heavy atom. The fourth-order valence-electron chi connectivity index (χ4n) is 2.74. The van der Waals surface area contributed by atoms with Crippen LogP contribution in [-0.4, -0.2) is 36.0 Å². The Bertz CT molecular complexity index is 859. The predicted octanol–water partition coefficient (Wildman–Crippen LogP) is 3.04. The molecule has 0 spiro atoms. The number of aromatic nitrogens is 2. The van der Waals surface area contributed by atoms with Crippen LogP contribution >= 0.6 is 0 Å². The molecule has 6 heteroatoms. The lowest BCUT2D eigenvalue weighted by molar-refractivity contribution is 0.215. The summed E-state index contributed by atoms with van der Waals surface area (Å²) in [7, 11) is 4.79. The first-order valence-electron chi connectivity index (χ1n) is 8.19. The molecule has 136 valence electrons. The van der Waals surface area contributed by atoms with Crippen LogP contribution in [0, 0.1) is 0 Å². The maximum Gasteiger partial charge on any atom is 0.161 e. The highest BCUT2D eigenvalue weighted by atomic mass is 16.5. The van der Waals surface area contributed by atoms with Gasteiger partial charge in [-0.3, -0.25) is 0 Å². The second kappa shape index (κ2) is 7.93. The molecule has 0 fully saturated rings. The predicted molar refractivity (Wildman–Crippen MR) is 97.9 cm³/mol. The summed E-state index contributed by atoms with van der Waals surface area (Å²) < 4.78 is 17.6. The molecule has 0 aliphatic rings. The fourth-order valence-corrected chi connectivity index (χ4v) is 2.74. The summed E-state index contributed by atoms with van der Waals surface area (Å²) >= 11 is 0. The quantitative estimate of drug-likeness (QED) is 0.706. The molecule has 1 heterocycles. The van der Waals surface area contributed by atoms with Gasteiger partial charge in [0.25, 0.3) is 0 Å². The number of hydrogen-bond donors (Lipinski definition) is 1. The molecule has 1 unspecified atom stereocenters. The van der Waals surface area contributed by atoms with Gasteiger partial charge >= 0.3 is 0 Å². The van der Waals surface area contributed by atoms with Crippen molar-refractivity contribution in [2.45, 2.75) is 12.6 Å². The van der Waals surface area contributed by atoms with Crippen molar-refractivity contribution in [1.29, 1.82) is 0 Å². The van der Waals surface area contributed by atoms with E-state index in [9.17, 15) is 5.11 Å². The molecule has 0 saturated carbocycles. The van der Waals surface area contributed by atoms with Gasteiger partial charge in [-0.25, -0.2) is 4.98 Å². The average molecular weight is 354 g/mol. The molecule has 1 N–H and O–H groups in total. The fraction of sp³-hybridized carbons (Fsp3) is 0.250. The Hall–Kier alpha value is -2.99. The zero-order chi connectivity index (χ0) is 18.5. The second-order valence-corrected chi connectivity index (χ2v) is 5.84. The largest absolute Gasteiger partial charge is 0.497 e. The van der Waals surface area contributed by atoms with Crippen LogP contribution in [0.5, 0.6) is 17.2 Å². The summed E-state index contributed by atoms with van der Waals surface area (Å²) in [4.78, 5) is 4.34. The van der Waals surface area contributed by atoms with Crippen molar-refractivity contribution >= 4 is 0 Å². The zero-order valence-corrected chi connectivity index (χ0v) is 15.0. The third-order valence-electron chi connectivity index (χ3n) is 4.18. The molecule has 0 aliphatic carbocycles. The highest BCUT2D eigenvalue weighted by molar-refractivity contribution is 5.44. The third-order valence-corrected chi connectivity index (χ3v) is 4.18. The van der Waals surface area contributed by atoms with Crippen LogP contribution in [0.2, 0.25) is 0 Å². The van der Waals surface area contributed by atoms with E-state index >= 15 is 0 Å². The van der Waals surface area contributed by atoms with Crippen molar-refractivity contribution in [2.24, 2.45) is 0 Å². The number of aliphatic hydroxyl groups is 1. The molecule has 3 rings (SSSR count). The van der Waals surface area contributed by atoms with Gasteiger partial charge in [-0.2, -0.15) is 0 Å². The first-order chi connectivity index (χ1) is 12.6. The van der Waals surface area contributed by atoms with E-state index in [2.05, 4.69) is 4.98 Å². The van der Waals surface area contributed by atoms with Crippen molar-refractivity contribution in [1.82, 2.24) is 9.55 Å². The number of ether oxygens (including phenoxy) is 3. The zero-order valence-electron chi connectivity index (χ0n) is 15.0. The lowest BCUT2D eigenvalue weighted by Gasteiger charge is -2.12. The van der Waals surface area contributed by atoms with E-state index < -0.39 is 6.10 Å². The summed E-state index contributed by atoms with van der Waals surface area (Å²) in [5, 5.41) is 10.6. The molecule has 26 heavy (non-hydrogen) atoms. The number of hydrogen-bond acceptors (Lipinski definition) is 5. The van der Waals surface area contributed by atoms with Gasteiger partial charge in [-0.05, 0) is 35.4 Å². The normalized spacial score (nSPS) is 11.8. The lowest BCUT2D eigenvalue weighted by atomic mass is 10.1. The van der Waals surface area contributed by atoms with Crippen molar-refractivity contribution in [2.75, 3.05) is 21.3 Å². The molecular weight excluding hydrogens is 332 g/mol. The van der Waals surface area contributed by atoms with Crippen LogP contribution in [0.4, 0.5) is 0 Å². The number of methoxy groups -OCH3 is 3. The second-order valence-electron chi connectivity index (χ2n) is 5.84. The first kappa shape index (κ1) is 17.8. The molecule has 6 nitrogen and oxygen atoms in total. The summed E-state index contributed by atoms with van der Waals surface area (Å²) in [6.45, 7) is 0.662. The highest BCUT2D eigenvalue weighted by Gasteiger charge is 2.16. The summed E-state index contributed by atoms with van der Waals surface area (Å²) in [5.41, 5.74) is 2.39. The van der Waals surface area contributed by atoms with Gasteiger partial charge in [-0.1, -0.05) is 18.2 Å². The molecule has 0 amide bonds. The van der Waals surface area contributed by atoms with E-state index in [4.69, 9.17) is 14.2 Å². The van der Waals surface area contributed by atoms with Gasteiger partial charge < -0.3 is 23.9 Å². The molecule has 0 bridgehead atoms. The van der Waals surface area contributed by atoms with E-state index in [0.29, 0.717) is 29.3 Å². The van der Waals surface area contributed by atoms with E-state index in [-0.39, 0.29) is 0 Å². The van der Waals surface area contributed by atoms with Crippen LogP contribution in [0.3, 0.4) is 0 Å². The smallest absolute Gasteiger partial charge is 0.161 e. The maximum absolute atomic E-state index is 10.6. The Kier molecular flexibility index (Phi) is 5.43. The number of rotatable bonds is 7. The molecular formula is C20H22N2O4. The minimum atomic E-state index is -0.841. The van der Waals surface area contributed by atoms with Gasteiger partial charge in [0.15, 0.2) is 11.5 Å². The lowest BCUT2D eigenvalue weighted by Crippen LogP contribution is -2.02. The van der Waals surface area contributed by atoms with E-state index in [1.165, 1.54) is 0 Å². The molecule has 0 aliphatic heterocycles. The number of aliphatic hydroxyl groups excluding tert-OH is 1. The van der Waals surface area contributed by atoms with Crippen molar-refractivity contribution in [3.63, 3.8) is 0 Å². The number of nitrogens with zero attached hydrogens (tertiary/aromatic N) is 2. The molecule has 0 radical (unpaired) electrons. The van der Waals surface area contributed by atoms with Gasteiger partial charge in [0, 0.05) is 12.7 Å². The average Bonchev–Trinajstić information content (AvgIpc) is 3.15. The number of benzene rings is 2. The topological polar surface area (TPSA) is 65.7 Å². The van der Waals surface area contributed by atoms with Gasteiger partial charge in [0.2, 0.25) is 0 Å². The SMILES string of the molecule is COc1ccc(Cn2cnc(C(O)c3ccc(OC)c(OC)c3)c2)cc1. The molecule has 1 atom stereocenters. The van der Waals surface area contributed by atoms with Crippen LogP contribution < -0.4 is 14.2 Å². The monoisotopic (exact) mass is 354 g/mol. The van der Waals surface area contributed by atoms with E-state index in [0.717, 1.165) is 11.3 Å². The first-order valence-corrected chi connectivity index (χ1v) is 8.19. The minimum Gasteiger partial charge on any atom is -0.497 e. The van der Waals surface area contributed by atoms with Crippen molar-refractivity contribution < 1.29 is 19.3 Å². The molecule has 2 aromatic carbocycles. The van der Waals surface area contributed by atoms with Crippen LogP contribution in [0.25, 0.3) is 0 Å². The van der Waals surface area contributed by atoms with E-state index in [1.54, 1.807) is 45.9 Å². The Morgan fingerprint density at radius 3 is 2.35 bits per heavy atom. The van der Waals surface area contributed by atoms with E-state index in [1.807, 2.05) is 35.0 Å². The van der Waals surface area contributed by atoms with Gasteiger partial charge in [-0.15, -0.1) is 0 Å². The number of imidazole rings is 1. The van der Waals surface area contributed by atoms with Crippen molar-refractivity contribution in [3.8, 4) is 17.2 Å². The minimum absolute atomic E-state index is 0.571. The Morgan fingerprint density at radius 2 is 1.69 bits per heavy atom. The Labute approximate surface area is 152 Å². The molecule has 1 aromatic heterocycles. The summed E-state index contributed by atoms with van der Waals surface area (Å²) in [6, 6.07) is 13.2. The summed E-state index contributed by atoms with van der Waals surface area (Å²) in [6.07, 6.45) is 2.71. The maximum atomic E-state index is 10.6. The molecule has 3 aromatic rings. The van der Waals surface area contributed by atoms with Crippen LogP contribution in [0.15, 0.2) is 55.0 Å². The van der Waals surface area contributed by atoms with Crippen LogP contribution in [0.1, 0.15) is 22.9 Å². The third kappa shape index (κ3) is 3.81. The van der Waals surface area contributed by atoms with Crippen molar-refractivity contribution in [3.05, 3.63) is 71.8 Å². The standard InChI is InChI=1S/C20H22N2O4/c1-24-16-7-4-14(5-8-16)11-22-12-17(21-13-22)20(23)15-6-9-18(25-2)19(10-15)26-3/h4-10,12-13,20,23H,11H2,1-3H3. The van der Waals surface area contributed by atoms with Gasteiger partial charge in [0.1, 0.15) is 11.9 Å². The highest BCUT2D eigenvalue weighted by Crippen LogP contribution is 2.31. The van der Waals surface area contributed by atoms with Gasteiger partial charge in [0.05, 0.1) is 33.4 Å². The molecule has 0 saturated heterocycles.